The molecule has 6 heteroatoms. The first-order chi connectivity index (χ1) is 9.66. The van der Waals surface area contributed by atoms with E-state index in [2.05, 4.69) is 0 Å². The van der Waals surface area contributed by atoms with Crippen molar-refractivity contribution in [2.45, 2.75) is 25.3 Å². The van der Waals surface area contributed by atoms with E-state index in [-0.39, 0.29) is 36.7 Å². The summed E-state index contributed by atoms with van der Waals surface area (Å²) in [7, 11) is 0. The van der Waals surface area contributed by atoms with Crippen LogP contribution in [0.1, 0.15) is 28.9 Å². The molecule has 1 aromatic rings. The highest BCUT2D eigenvalue weighted by Crippen LogP contribution is 2.23. The second kappa shape index (κ2) is 5.36. The summed E-state index contributed by atoms with van der Waals surface area (Å²) in [6, 6.07) is 3.21. The lowest BCUT2D eigenvalue weighted by Crippen LogP contribution is -2.61. The van der Waals surface area contributed by atoms with Crippen LogP contribution in [-0.4, -0.2) is 53.1 Å². The quantitative estimate of drug-likeness (QED) is 0.785. The summed E-state index contributed by atoms with van der Waals surface area (Å²) in [5.41, 5.74) is 0. The van der Waals surface area contributed by atoms with Crippen LogP contribution in [0.2, 0.25) is 0 Å². The molecule has 106 valence electrons. The molecule has 0 aromatic carbocycles. The van der Waals surface area contributed by atoms with Gasteiger partial charge in [-0.05, 0) is 30.7 Å². The van der Waals surface area contributed by atoms with Crippen molar-refractivity contribution >= 4 is 28.9 Å². The van der Waals surface area contributed by atoms with Crippen LogP contribution < -0.4 is 0 Å². The molecule has 0 radical (unpaired) electrons. The van der Waals surface area contributed by atoms with Crippen LogP contribution in [0.4, 0.5) is 0 Å². The molecule has 2 amide bonds. The number of carbonyl (C=O) groups is 3. The lowest BCUT2D eigenvalue weighted by Gasteiger charge is -2.42. The van der Waals surface area contributed by atoms with Gasteiger partial charge in [0.2, 0.25) is 11.8 Å². The van der Waals surface area contributed by atoms with Crippen molar-refractivity contribution < 1.29 is 14.4 Å². The van der Waals surface area contributed by atoms with Crippen LogP contribution in [0.25, 0.3) is 0 Å². The molecule has 0 aliphatic carbocycles. The third kappa shape index (κ3) is 2.35. The molecular formula is C14H16N2O3S. The predicted molar refractivity (Wildman–Crippen MR) is 74.6 cm³/mol. The van der Waals surface area contributed by atoms with Crippen LogP contribution in [0.5, 0.6) is 0 Å². The number of Topliss-reactive ketones (excluding diaryl/α,β-unsaturated/α-hetero) is 1. The van der Waals surface area contributed by atoms with Crippen molar-refractivity contribution in [3.05, 3.63) is 22.4 Å². The maximum absolute atomic E-state index is 12.4. The molecule has 2 aliphatic rings. The summed E-state index contributed by atoms with van der Waals surface area (Å²) in [5.74, 6) is -0.201. The molecule has 0 saturated carbocycles. The number of carbonyl (C=O) groups excluding carboxylic acids is 3. The Balaban J connectivity index is 1.72. The highest BCUT2D eigenvalue weighted by molar-refractivity contribution is 7.12. The van der Waals surface area contributed by atoms with Gasteiger partial charge in [0.1, 0.15) is 12.6 Å². The number of thiophene rings is 1. The van der Waals surface area contributed by atoms with Gasteiger partial charge in [0.15, 0.2) is 5.78 Å². The molecule has 0 bridgehead atoms. The summed E-state index contributed by atoms with van der Waals surface area (Å²) in [6.45, 7) is 0.712. The highest BCUT2D eigenvalue weighted by Gasteiger charge is 2.40. The van der Waals surface area contributed by atoms with E-state index in [0.717, 1.165) is 12.8 Å². The van der Waals surface area contributed by atoms with Crippen LogP contribution in [-0.2, 0) is 9.59 Å². The van der Waals surface area contributed by atoms with Gasteiger partial charge in [-0.25, -0.2) is 0 Å². The van der Waals surface area contributed by atoms with E-state index in [4.69, 9.17) is 0 Å². The number of piperidine rings is 1. The van der Waals surface area contributed by atoms with Crippen molar-refractivity contribution in [2.75, 3.05) is 19.6 Å². The zero-order valence-corrected chi connectivity index (χ0v) is 11.9. The van der Waals surface area contributed by atoms with Gasteiger partial charge < -0.3 is 9.80 Å². The molecule has 1 atom stereocenters. The average Bonchev–Trinajstić information content (AvgIpc) is 2.99. The van der Waals surface area contributed by atoms with Crippen LogP contribution in [0.15, 0.2) is 17.5 Å². The monoisotopic (exact) mass is 292 g/mol. The Morgan fingerprint density at radius 2 is 2.20 bits per heavy atom. The van der Waals surface area contributed by atoms with Gasteiger partial charge in [-0.15, -0.1) is 11.3 Å². The molecular weight excluding hydrogens is 276 g/mol. The molecule has 20 heavy (non-hydrogen) atoms. The van der Waals surface area contributed by atoms with Crippen molar-refractivity contribution in [2.24, 2.45) is 0 Å². The Morgan fingerprint density at radius 3 is 2.95 bits per heavy atom. The Kier molecular flexibility index (Phi) is 3.56. The average molecular weight is 292 g/mol. The number of nitrogens with zero attached hydrogens (tertiary/aromatic N) is 2. The first-order valence-electron chi connectivity index (χ1n) is 6.82. The summed E-state index contributed by atoms with van der Waals surface area (Å²) < 4.78 is 0. The topological polar surface area (TPSA) is 57.7 Å². The van der Waals surface area contributed by atoms with E-state index in [0.29, 0.717) is 17.8 Å². The Bertz CT molecular complexity index is 541. The smallest absolute Gasteiger partial charge is 0.246 e. The standard InChI is InChI=1S/C14H16N2O3S/c17-11(12-5-3-7-20-12)8-15-9-13(18)16-6-2-1-4-10(16)14(15)19/h3,5,7,10H,1-2,4,6,8-9H2. The minimum atomic E-state index is -0.346. The number of ketones is 1. The number of hydrogen-bond acceptors (Lipinski definition) is 4. The Hall–Kier alpha value is -1.69. The third-order valence-electron chi connectivity index (χ3n) is 3.88. The largest absolute Gasteiger partial charge is 0.329 e. The molecule has 1 unspecified atom stereocenters. The fourth-order valence-corrected chi connectivity index (χ4v) is 3.51. The van der Waals surface area contributed by atoms with Crippen molar-refractivity contribution in [1.82, 2.24) is 9.80 Å². The number of rotatable bonds is 3. The van der Waals surface area contributed by atoms with Gasteiger partial charge >= 0.3 is 0 Å². The van der Waals surface area contributed by atoms with E-state index >= 15 is 0 Å². The molecule has 3 rings (SSSR count). The fourth-order valence-electron chi connectivity index (χ4n) is 2.85. The predicted octanol–water partition coefficient (Wildman–Crippen LogP) is 1.15. The molecule has 0 N–H and O–H groups in total. The number of hydrogen-bond donors (Lipinski definition) is 0. The van der Waals surface area contributed by atoms with Gasteiger partial charge in [0.05, 0.1) is 11.4 Å². The summed E-state index contributed by atoms with van der Waals surface area (Å²) in [4.78, 5) is 40.3. The number of amides is 2. The lowest BCUT2D eigenvalue weighted by atomic mass is 9.98. The second-order valence-electron chi connectivity index (χ2n) is 5.19. The van der Waals surface area contributed by atoms with E-state index in [9.17, 15) is 14.4 Å². The highest BCUT2D eigenvalue weighted by atomic mass is 32.1. The SMILES string of the molecule is O=C(CN1CC(=O)N2CCCCC2C1=O)c1cccs1. The van der Waals surface area contributed by atoms with Crippen LogP contribution >= 0.6 is 11.3 Å². The fraction of sp³-hybridized carbons (Fsp3) is 0.500. The van der Waals surface area contributed by atoms with Gasteiger partial charge in [0.25, 0.3) is 0 Å². The third-order valence-corrected chi connectivity index (χ3v) is 4.79. The number of fused-ring (bicyclic) bond motifs is 1. The van der Waals surface area contributed by atoms with E-state index in [1.54, 1.807) is 11.0 Å². The molecule has 2 saturated heterocycles. The van der Waals surface area contributed by atoms with Gasteiger partial charge in [-0.1, -0.05) is 6.07 Å². The first-order valence-corrected chi connectivity index (χ1v) is 7.70. The van der Waals surface area contributed by atoms with Crippen molar-refractivity contribution in [3.8, 4) is 0 Å². The first kappa shape index (κ1) is 13.3. The zero-order valence-electron chi connectivity index (χ0n) is 11.1. The van der Waals surface area contributed by atoms with Gasteiger partial charge in [-0.3, -0.25) is 14.4 Å². The molecule has 1 aromatic heterocycles. The minimum absolute atomic E-state index is 0.00935. The van der Waals surface area contributed by atoms with Gasteiger partial charge in [-0.2, -0.15) is 0 Å². The normalized spacial score (nSPS) is 22.9. The summed E-state index contributed by atoms with van der Waals surface area (Å²) >= 11 is 1.36. The van der Waals surface area contributed by atoms with Crippen LogP contribution in [0, 0.1) is 0 Å². The maximum atomic E-state index is 12.4. The lowest BCUT2D eigenvalue weighted by molar-refractivity contribution is -0.157. The molecule has 0 spiro atoms. The summed E-state index contributed by atoms with van der Waals surface area (Å²) in [6.07, 6.45) is 2.64. The maximum Gasteiger partial charge on any atom is 0.246 e. The molecule has 2 aliphatic heterocycles. The van der Waals surface area contributed by atoms with E-state index < -0.39 is 0 Å². The molecule has 5 nitrogen and oxygen atoms in total. The Labute approximate surface area is 121 Å². The van der Waals surface area contributed by atoms with E-state index in [1.807, 2.05) is 11.4 Å². The van der Waals surface area contributed by atoms with Crippen LogP contribution in [0.3, 0.4) is 0 Å². The molecule has 2 fully saturated rings. The number of piperazine rings is 1. The zero-order chi connectivity index (χ0) is 14.1. The minimum Gasteiger partial charge on any atom is -0.329 e. The summed E-state index contributed by atoms with van der Waals surface area (Å²) in [5, 5.41) is 1.83. The Morgan fingerprint density at radius 1 is 1.35 bits per heavy atom. The van der Waals surface area contributed by atoms with Crippen molar-refractivity contribution in [3.63, 3.8) is 0 Å². The van der Waals surface area contributed by atoms with Gasteiger partial charge in [0, 0.05) is 6.54 Å². The second-order valence-corrected chi connectivity index (χ2v) is 6.14. The van der Waals surface area contributed by atoms with E-state index in [1.165, 1.54) is 16.2 Å². The van der Waals surface area contributed by atoms with Crippen molar-refractivity contribution in [1.29, 1.82) is 0 Å². The molecule has 3 heterocycles.